The van der Waals surface area contributed by atoms with Gasteiger partial charge >= 0.3 is 0 Å². The molecule has 0 unspecified atom stereocenters. The van der Waals surface area contributed by atoms with Crippen LogP contribution in [0.3, 0.4) is 0 Å². The molecule has 23 nitrogen and oxygen atoms in total. The number of fused-ring (bicyclic) bond motifs is 7. The molecule has 0 amide bonds. The van der Waals surface area contributed by atoms with E-state index in [-0.39, 0.29) is 35.4 Å². The van der Waals surface area contributed by atoms with Crippen LogP contribution in [0.1, 0.15) is 92.4 Å². The van der Waals surface area contributed by atoms with E-state index in [0.717, 1.165) is 32.1 Å². The first-order chi connectivity index (χ1) is 35.0. The van der Waals surface area contributed by atoms with E-state index in [2.05, 4.69) is 26.8 Å². The Bertz CT molecular complexity index is 1980. The van der Waals surface area contributed by atoms with Crippen molar-refractivity contribution in [3.8, 4) is 0 Å². The first-order valence-corrected chi connectivity index (χ1v) is 26.9. The summed E-state index contributed by atoms with van der Waals surface area (Å²) in [6.07, 6.45) is -21.4. The predicted molar refractivity (Wildman–Crippen MR) is 248 cm³/mol. The van der Waals surface area contributed by atoms with Gasteiger partial charge in [0, 0.05) is 12.3 Å². The summed E-state index contributed by atoms with van der Waals surface area (Å²) < 4.78 is 62.0. The van der Waals surface area contributed by atoms with Crippen LogP contribution in [0.2, 0.25) is 0 Å². The van der Waals surface area contributed by atoms with Gasteiger partial charge in [-0.3, -0.25) is 0 Å². The molecular weight excluding hydrogens is 981 g/mol. The molecule has 6 saturated heterocycles. The fourth-order valence-electron chi connectivity index (χ4n) is 15.6. The van der Waals surface area contributed by atoms with Gasteiger partial charge in [-0.05, 0) is 99.7 Å². The SMILES string of the molecule is C[C@@H]1O[C@@H](O[C@H]2[C@H](O[C@H]3CC[C@@]4(C)C(=CC[C@H]5[C@@H]6C[C@@H]7O[C@]8(CC[C@@](C)(CO[C@@H]9O[C@H](CO)[C@@H](O)[C@H](O)[C@H]9O)O8)[C@@H](C)[C@@H]7[C@@]6(C)CC[C@@H]54)C3)O[C@H](CO)[C@H](O[C@@H]3O[C@H](CO)[C@@H](O)[C@H](O)[C@H]3O)[C@@H]2O)[C@H](O)[C@H](O)[C@H]1O. The summed E-state index contributed by atoms with van der Waals surface area (Å²) in [4.78, 5) is 0. The van der Waals surface area contributed by atoms with Gasteiger partial charge in [-0.15, -0.1) is 0 Å². The molecule has 6 heterocycles. The van der Waals surface area contributed by atoms with E-state index in [1.165, 1.54) is 12.5 Å². The molecular formula is C51H82O23. The van der Waals surface area contributed by atoms with E-state index in [9.17, 15) is 66.4 Å². The number of hydrogen-bond donors (Lipinski definition) is 13. The van der Waals surface area contributed by atoms with Gasteiger partial charge in [0.2, 0.25) is 0 Å². The van der Waals surface area contributed by atoms with Crippen LogP contribution in [-0.4, -0.2) is 239 Å². The average Bonchev–Trinajstić information content (AvgIpc) is 3.98. The van der Waals surface area contributed by atoms with Gasteiger partial charge in [-0.2, -0.15) is 0 Å². The van der Waals surface area contributed by atoms with E-state index in [4.69, 9.17) is 47.4 Å². The number of rotatable bonds is 12. The van der Waals surface area contributed by atoms with Crippen molar-refractivity contribution in [3.05, 3.63) is 11.6 Å². The second-order valence-corrected chi connectivity index (χ2v) is 24.2. The molecule has 0 bridgehead atoms. The van der Waals surface area contributed by atoms with Crippen LogP contribution in [0.4, 0.5) is 0 Å². The summed E-state index contributed by atoms with van der Waals surface area (Å²) in [5, 5.41) is 137. The maximum absolute atomic E-state index is 12.1. The Labute approximate surface area is 430 Å². The second-order valence-electron chi connectivity index (χ2n) is 24.2. The molecule has 3 saturated carbocycles. The maximum atomic E-state index is 12.1. The van der Waals surface area contributed by atoms with Gasteiger partial charge in [0.05, 0.1) is 50.3 Å². The van der Waals surface area contributed by atoms with Crippen molar-refractivity contribution in [2.24, 2.45) is 40.4 Å². The van der Waals surface area contributed by atoms with Gasteiger partial charge in [-0.1, -0.05) is 32.4 Å². The van der Waals surface area contributed by atoms with Crippen LogP contribution >= 0.6 is 0 Å². The smallest absolute Gasteiger partial charge is 0.187 e. The normalized spacial score (nSPS) is 57.4. The van der Waals surface area contributed by atoms with Crippen LogP contribution in [0.15, 0.2) is 11.6 Å². The highest BCUT2D eigenvalue weighted by molar-refractivity contribution is 5.27. The Balaban J connectivity index is 0.811. The summed E-state index contributed by atoms with van der Waals surface area (Å²) in [7, 11) is 0. The minimum Gasteiger partial charge on any atom is -0.394 e. The van der Waals surface area contributed by atoms with E-state index in [1.807, 2.05) is 6.92 Å². The van der Waals surface area contributed by atoms with Crippen LogP contribution < -0.4 is 0 Å². The molecule has 31 atom stereocenters. The molecule has 1 spiro atoms. The zero-order valence-corrected chi connectivity index (χ0v) is 42.8. The molecule has 424 valence electrons. The van der Waals surface area contributed by atoms with Gasteiger partial charge in [0.1, 0.15) is 91.6 Å². The second kappa shape index (κ2) is 21.0. The molecule has 0 aromatic heterocycles. The number of allylic oxidation sites excluding steroid dienone is 1. The zero-order chi connectivity index (χ0) is 53.1. The lowest BCUT2D eigenvalue weighted by Gasteiger charge is -2.58. The quantitative estimate of drug-likeness (QED) is 0.0875. The van der Waals surface area contributed by atoms with Gasteiger partial charge < -0.3 is 114 Å². The van der Waals surface area contributed by atoms with Crippen LogP contribution in [0.5, 0.6) is 0 Å². The Morgan fingerprint density at radius 1 is 0.581 bits per heavy atom. The van der Waals surface area contributed by atoms with Crippen molar-refractivity contribution in [1.29, 1.82) is 0 Å². The van der Waals surface area contributed by atoms with Gasteiger partial charge in [0.15, 0.2) is 30.9 Å². The topological polar surface area (TPSA) is 355 Å². The molecule has 74 heavy (non-hydrogen) atoms. The molecule has 0 radical (unpaired) electrons. The van der Waals surface area contributed by atoms with Crippen molar-refractivity contribution >= 4 is 0 Å². The highest BCUT2D eigenvalue weighted by Gasteiger charge is 2.70. The molecule has 10 aliphatic rings. The lowest BCUT2D eigenvalue weighted by atomic mass is 9.47. The van der Waals surface area contributed by atoms with E-state index in [1.54, 1.807) is 0 Å². The summed E-state index contributed by atoms with van der Waals surface area (Å²) in [5.74, 6) is 0.731. The predicted octanol–water partition coefficient (Wildman–Crippen LogP) is -2.85. The molecule has 9 fully saturated rings. The van der Waals surface area contributed by atoms with Gasteiger partial charge in [-0.25, -0.2) is 0 Å². The van der Waals surface area contributed by atoms with Gasteiger partial charge in [0.25, 0.3) is 0 Å². The molecule has 13 N–H and O–H groups in total. The van der Waals surface area contributed by atoms with Crippen molar-refractivity contribution in [2.45, 2.75) is 239 Å². The van der Waals surface area contributed by atoms with E-state index in [0.29, 0.717) is 43.4 Å². The Morgan fingerprint density at radius 3 is 1.84 bits per heavy atom. The highest BCUT2D eigenvalue weighted by atomic mass is 16.8. The zero-order valence-electron chi connectivity index (χ0n) is 42.8. The summed E-state index contributed by atoms with van der Waals surface area (Å²) in [6.45, 7) is 8.48. The molecule has 6 aliphatic heterocycles. The van der Waals surface area contributed by atoms with E-state index >= 15 is 0 Å². The largest absolute Gasteiger partial charge is 0.394 e. The summed E-state index contributed by atoms with van der Waals surface area (Å²) >= 11 is 0. The molecule has 10 rings (SSSR count). The van der Waals surface area contributed by atoms with Crippen LogP contribution in [0.25, 0.3) is 0 Å². The molecule has 4 aliphatic carbocycles. The number of ether oxygens (including phenoxy) is 10. The van der Waals surface area contributed by atoms with Crippen molar-refractivity contribution in [2.75, 3.05) is 26.4 Å². The monoisotopic (exact) mass is 1060 g/mol. The number of aliphatic hydroxyl groups excluding tert-OH is 13. The van der Waals surface area contributed by atoms with Crippen molar-refractivity contribution in [3.63, 3.8) is 0 Å². The Kier molecular flexibility index (Phi) is 16.0. The number of hydrogen-bond acceptors (Lipinski definition) is 23. The minimum atomic E-state index is -1.85. The van der Waals surface area contributed by atoms with Crippen molar-refractivity contribution in [1.82, 2.24) is 0 Å². The molecule has 0 aromatic rings. The Hall–Kier alpha value is -1.18. The minimum absolute atomic E-state index is 0.00240. The fourth-order valence-corrected chi connectivity index (χ4v) is 15.6. The van der Waals surface area contributed by atoms with Crippen LogP contribution in [-0.2, 0) is 47.4 Å². The van der Waals surface area contributed by atoms with Crippen molar-refractivity contribution < 1.29 is 114 Å². The molecule has 0 aromatic carbocycles. The Morgan fingerprint density at radius 2 is 1.18 bits per heavy atom. The third-order valence-electron chi connectivity index (χ3n) is 19.9. The number of aliphatic hydroxyl groups is 13. The van der Waals surface area contributed by atoms with E-state index < -0.39 is 160 Å². The maximum Gasteiger partial charge on any atom is 0.187 e. The first kappa shape index (κ1) is 56.1. The summed E-state index contributed by atoms with van der Waals surface area (Å²) in [5.41, 5.74) is 0.338. The average molecular weight is 1060 g/mol. The first-order valence-electron chi connectivity index (χ1n) is 26.9. The highest BCUT2D eigenvalue weighted by Crippen LogP contribution is 2.71. The lowest BCUT2D eigenvalue weighted by Crippen LogP contribution is -2.67. The summed E-state index contributed by atoms with van der Waals surface area (Å²) in [6, 6.07) is 0. The standard InChI is InChI=1S/C51H82O23/c1-20-31-27(73-51(20)13-12-48(3,74-51)19-65-44-38(61)36(59)33(56)28(16-52)68-44)15-26-24-7-6-22-14-23(8-10-49(22,4)25(24)9-11-50(26,31)5)67-47-43(72-45-39(62)35(58)32(55)21(2)66-45)41(64)42(30(18-54)70-47)71-46-40(63)37(60)34(57)29(17-53)69-46/h6,20-21,23-47,52-64H,7-19H2,1-5H3/t20-,21-,23-,24+,25-,26-,27-,28+,29+,30+,31-,32-,33+,34+,35+,36-,37-,38+,39+,40+,41-,42-,43+,44+,45-,46-,47+,48-,49-,50-,51-/m0/s1. The lowest BCUT2D eigenvalue weighted by molar-refractivity contribution is -0.389. The molecule has 23 heteroatoms. The third kappa shape index (κ3) is 9.38. The fraction of sp³-hybridized carbons (Fsp3) is 0.961. The van der Waals surface area contributed by atoms with Crippen LogP contribution in [0, 0.1) is 40.4 Å². The third-order valence-corrected chi connectivity index (χ3v) is 19.9.